The van der Waals surface area contributed by atoms with Gasteiger partial charge in [0, 0.05) is 12.8 Å². The highest BCUT2D eigenvalue weighted by Crippen LogP contribution is 2.28. The lowest BCUT2D eigenvalue weighted by atomic mass is 9.96. The summed E-state index contributed by atoms with van der Waals surface area (Å²) in [6.07, 6.45) is 6.93. The van der Waals surface area contributed by atoms with E-state index in [2.05, 4.69) is 13.8 Å². The maximum atomic E-state index is 11.4. The Balaban J connectivity index is 2.16. The third kappa shape index (κ3) is 3.38. The number of carbonyl (C=O) groups is 1. The van der Waals surface area contributed by atoms with Gasteiger partial charge in [-0.1, -0.05) is 39.5 Å². The van der Waals surface area contributed by atoms with Crippen LogP contribution in [0.2, 0.25) is 0 Å². The zero-order chi connectivity index (χ0) is 8.97. The van der Waals surface area contributed by atoms with Gasteiger partial charge in [0.25, 0.3) is 0 Å². The van der Waals surface area contributed by atoms with Gasteiger partial charge in [-0.3, -0.25) is 4.79 Å². The average Bonchev–Trinajstić information content (AvgIpc) is 2.37. The molecular formula is C11H20O. The number of rotatable bonds is 4. The van der Waals surface area contributed by atoms with Gasteiger partial charge in [0.05, 0.1) is 0 Å². The molecule has 0 aromatic carbocycles. The smallest absolute Gasteiger partial charge is 0.133 e. The molecule has 12 heavy (non-hydrogen) atoms. The third-order valence-corrected chi connectivity index (χ3v) is 2.63. The fourth-order valence-corrected chi connectivity index (χ4v) is 2.08. The molecule has 0 radical (unpaired) electrons. The van der Waals surface area contributed by atoms with Gasteiger partial charge in [-0.05, 0) is 11.8 Å². The van der Waals surface area contributed by atoms with Crippen LogP contribution in [0, 0.1) is 11.8 Å². The summed E-state index contributed by atoms with van der Waals surface area (Å²) in [5, 5.41) is 0. The van der Waals surface area contributed by atoms with Crippen molar-refractivity contribution in [3.63, 3.8) is 0 Å². The van der Waals surface area contributed by atoms with Crippen LogP contribution >= 0.6 is 0 Å². The molecular weight excluding hydrogens is 148 g/mol. The molecule has 0 atom stereocenters. The molecule has 1 nitrogen and oxygen atoms in total. The van der Waals surface area contributed by atoms with Gasteiger partial charge < -0.3 is 0 Å². The Kier molecular flexibility index (Phi) is 3.77. The highest BCUT2D eigenvalue weighted by molar-refractivity contribution is 5.78. The molecule has 1 rings (SSSR count). The molecule has 0 spiro atoms. The van der Waals surface area contributed by atoms with Crippen LogP contribution in [0.1, 0.15) is 52.4 Å². The normalized spacial score (nSPS) is 18.9. The molecule has 0 heterocycles. The minimum Gasteiger partial charge on any atom is -0.300 e. The molecule has 1 heteroatoms. The Morgan fingerprint density at radius 1 is 1.33 bits per heavy atom. The van der Waals surface area contributed by atoms with Crippen LogP contribution in [-0.4, -0.2) is 5.78 Å². The van der Waals surface area contributed by atoms with E-state index in [0.717, 1.165) is 18.8 Å². The average molecular weight is 168 g/mol. The van der Waals surface area contributed by atoms with Crippen LogP contribution in [0.25, 0.3) is 0 Å². The van der Waals surface area contributed by atoms with Crippen LogP contribution in [0.15, 0.2) is 0 Å². The second kappa shape index (κ2) is 4.64. The predicted octanol–water partition coefficient (Wildman–Crippen LogP) is 3.18. The molecule has 1 fully saturated rings. The van der Waals surface area contributed by atoms with Crippen molar-refractivity contribution in [2.45, 2.75) is 52.4 Å². The minimum absolute atomic E-state index is 0.483. The van der Waals surface area contributed by atoms with Crippen LogP contribution < -0.4 is 0 Å². The number of ketones is 1. The monoisotopic (exact) mass is 168 g/mol. The van der Waals surface area contributed by atoms with Crippen molar-refractivity contribution in [2.24, 2.45) is 11.8 Å². The second-order valence-corrected chi connectivity index (χ2v) is 4.49. The van der Waals surface area contributed by atoms with E-state index < -0.39 is 0 Å². The fraction of sp³-hybridized carbons (Fsp3) is 0.909. The lowest BCUT2D eigenvalue weighted by molar-refractivity contribution is -0.120. The van der Waals surface area contributed by atoms with Crippen molar-refractivity contribution in [1.82, 2.24) is 0 Å². The summed E-state index contributed by atoms with van der Waals surface area (Å²) in [7, 11) is 0. The summed E-state index contributed by atoms with van der Waals surface area (Å²) in [6.45, 7) is 4.24. The van der Waals surface area contributed by atoms with E-state index in [1.54, 1.807) is 0 Å². The summed E-state index contributed by atoms with van der Waals surface area (Å²) < 4.78 is 0. The molecule has 1 saturated carbocycles. The van der Waals surface area contributed by atoms with E-state index in [-0.39, 0.29) is 0 Å². The maximum Gasteiger partial charge on any atom is 0.133 e. The molecule has 0 N–H and O–H groups in total. The van der Waals surface area contributed by atoms with Crippen molar-refractivity contribution >= 4 is 5.78 Å². The van der Waals surface area contributed by atoms with Gasteiger partial charge in [-0.2, -0.15) is 0 Å². The molecule has 0 amide bonds. The van der Waals surface area contributed by atoms with Gasteiger partial charge in [0.1, 0.15) is 5.78 Å². The van der Waals surface area contributed by atoms with E-state index in [4.69, 9.17) is 0 Å². The van der Waals surface area contributed by atoms with E-state index >= 15 is 0 Å². The predicted molar refractivity (Wildman–Crippen MR) is 51.0 cm³/mol. The second-order valence-electron chi connectivity index (χ2n) is 4.49. The summed E-state index contributed by atoms with van der Waals surface area (Å²) in [5.74, 6) is 1.76. The van der Waals surface area contributed by atoms with Gasteiger partial charge in [0.2, 0.25) is 0 Å². The molecule has 0 saturated heterocycles. The van der Waals surface area contributed by atoms with Gasteiger partial charge in [-0.15, -0.1) is 0 Å². The number of carbonyl (C=O) groups excluding carboxylic acids is 1. The Morgan fingerprint density at radius 3 is 2.42 bits per heavy atom. The fourth-order valence-electron chi connectivity index (χ4n) is 2.08. The summed E-state index contributed by atoms with van der Waals surface area (Å²) in [6, 6.07) is 0. The molecule has 0 aliphatic heterocycles. The Hall–Kier alpha value is -0.330. The number of hydrogen-bond donors (Lipinski definition) is 0. The Labute approximate surface area is 75.5 Å². The van der Waals surface area contributed by atoms with Crippen molar-refractivity contribution < 1.29 is 4.79 Å². The van der Waals surface area contributed by atoms with Crippen LogP contribution in [0.4, 0.5) is 0 Å². The Morgan fingerprint density at radius 2 is 1.92 bits per heavy atom. The van der Waals surface area contributed by atoms with Gasteiger partial charge >= 0.3 is 0 Å². The highest BCUT2D eigenvalue weighted by Gasteiger charge is 2.18. The lowest BCUT2D eigenvalue weighted by Gasteiger charge is -2.08. The minimum atomic E-state index is 0.483. The van der Waals surface area contributed by atoms with Crippen molar-refractivity contribution in [3.05, 3.63) is 0 Å². The first-order chi connectivity index (χ1) is 5.68. The number of hydrogen-bond acceptors (Lipinski definition) is 1. The largest absolute Gasteiger partial charge is 0.300 e. The van der Waals surface area contributed by atoms with Crippen molar-refractivity contribution in [2.75, 3.05) is 0 Å². The first-order valence-electron chi connectivity index (χ1n) is 5.20. The SMILES string of the molecule is CC(C)CC(=O)CC1CCCC1. The van der Waals surface area contributed by atoms with Crippen molar-refractivity contribution in [1.29, 1.82) is 0 Å². The molecule has 1 aliphatic carbocycles. The lowest BCUT2D eigenvalue weighted by Crippen LogP contribution is -2.07. The van der Waals surface area contributed by atoms with E-state index in [1.807, 2.05) is 0 Å². The summed E-state index contributed by atoms with van der Waals surface area (Å²) >= 11 is 0. The van der Waals surface area contributed by atoms with Gasteiger partial charge in [0.15, 0.2) is 0 Å². The summed E-state index contributed by atoms with van der Waals surface area (Å²) in [5.41, 5.74) is 0. The van der Waals surface area contributed by atoms with E-state index in [1.165, 1.54) is 25.7 Å². The first kappa shape index (κ1) is 9.76. The highest BCUT2D eigenvalue weighted by atomic mass is 16.1. The molecule has 0 unspecified atom stereocenters. The third-order valence-electron chi connectivity index (χ3n) is 2.63. The standard InChI is InChI=1S/C11H20O/c1-9(2)7-11(12)8-10-5-3-4-6-10/h9-10H,3-8H2,1-2H3. The van der Waals surface area contributed by atoms with E-state index in [9.17, 15) is 4.79 Å². The summed E-state index contributed by atoms with van der Waals surface area (Å²) in [4.78, 5) is 11.4. The van der Waals surface area contributed by atoms with E-state index in [0.29, 0.717) is 11.7 Å². The van der Waals surface area contributed by atoms with Crippen LogP contribution in [-0.2, 0) is 4.79 Å². The first-order valence-corrected chi connectivity index (χ1v) is 5.20. The van der Waals surface area contributed by atoms with Crippen molar-refractivity contribution in [3.8, 4) is 0 Å². The molecule has 0 aromatic heterocycles. The number of Topliss-reactive ketones (excluding diaryl/α,β-unsaturated/α-hetero) is 1. The zero-order valence-corrected chi connectivity index (χ0v) is 8.31. The van der Waals surface area contributed by atoms with Crippen LogP contribution in [0.3, 0.4) is 0 Å². The maximum absolute atomic E-state index is 11.4. The van der Waals surface area contributed by atoms with Crippen LogP contribution in [0.5, 0.6) is 0 Å². The quantitative estimate of drug-likeness (QED) is 0.630. The molecule has 70 valence electrons. The Bertz CT molecular complexity index is 143. The molecule has 1 aliphatic rings. The molecule has 0 aromatic rings. The topological polar surface area (TPSA) is 17.1 Å². The van der Waals surface area contributed by atoms with Gasteiger partial charge in [-0.25, -0.2) is 0 Å². The molecule has 0 bridgehead atoms. The zero-order valence-electron chi connectivity index (χ0n) is 8.31.